The summed E-state index contributed by atoms with van der Waals surface area (Å²) in [5, 5.41) is 4.20. The highest BCUT2D eigenvalue weighted by molar-refractivity contribution is 6.33. The molecule has 2 heterocycles. The standard InChI is InChI=1S/C19H20ClN5O2/c1-5-14-17(18(20)23-10-22-14)15(21-4)9-26-16-8-13(7-6-11(16)2)19-24-12(3)25-27-19/h6-8,10H,5,9H2,1-4H3. The third kappa shape index (κ3) is 4.14. The van der Waals surface area contributed by atoms with Crippen LogP contribution in [-0.2, 0) is 6.42 Å². The van der Waals surface area contributed by atoms with E-state index in [-0.39, 0.29) is 6.61 Å². The van der Waals surface area contributed by atoms with Gasteiger partial charge in [-0.2, -0.15) is 4.98 Å². The van der Waals surface area contributed by atoms with Crippen molar-refractivity contribution in [2.75, 3.05) is 13.7 Å². The fourth-order valence-corrected chi connectivity index (χ4v) is 2.91. The lowest BCUT2D eigenvalue weighted by molar-refractivity contribution is 0.373. The van der Waals surface area contributed by atoms with E-state index in [0.717, 1.165) is 28.8 Å². The maximum Gasteiger partial charge on any atom is 0.258 e. The molecule has 0 amide bonds. The summed E-state index contributed by atoms with van der Waals surface area (Å²) in [5.41, 5.74) is 4.03. The number of aromatic nitrogens is 4. The first-order chi connectivity index (χ1) is 13.0. The second-order valence-corrected chi connectivity index (χ2v) is 6.28. The minimum Gasteiger partial charge on any atom is -0.487 e. The predicted molar refractivity (Wildman–Crippen MR) is 104 cm³/mol. The first kappa shape index (κ1) is 19.0. The van der Waals surface area contributed by atoms with Gasteiger partial charge in [0.25, 0.3) is 5.89 Å². The topological polar surface area (TPSA) is 86.3 Å². The summed E-state index contributed by atoms with van der Waals surface area (Å²) in [5.74, 6) is 1.74. The molecule has 3 rings (SSSR count). The van der Waals surface area contributed by atoms with E-state index in [1.54, 1.807) is 14.0 Å². The second-order valence-electron chi connectivity index (χ2n) is 5.93. The predicted octanol–water partition coefficient (Wildman–Crippen LogP) is 3.86. The normalized spacial score (nSPS) is 11.7. The van der Waals surface area contributed by atoms with Gasteiger partial charge in [0.2, 0.25) is 0 Å². The molecule has 0 aliphatic carbocycles. The summed E-state index contributed by atoms with van der Waals surface area (Å²) in [4.78, 5) is 17.0. The molecule has 7 nitrogen and oxygen atoms in total. The molecule has 0 atom stereocenters. The minimum absolute atomic E-state index is 0.240. The fraction of sp³-hybridized carbons (Fsp3) is 0.316. The highest BCUT2D eigenvalue weighted by atomic mass is 35.5. The number of hydrogen-bond acceptors (Lipinski definition) is 7. The molecule has 3 aromatic rings. The van der Waals surface area contributed by atoms with Crippen molar-refractivity contribution in [2.24, 2.45) is 4.99 Å². The number of ether oxygens (including phenoxy) is 1. The Morgan fingerprint density at radius 2 is 2.07 bits per heavy atom. The van der Waals surface area contributed by atoms with Crippen LogP contribution in [0.4, 0.5) is 0 Å². The zero-order valence-corrected chi connectivity index (χ0v) is 16.4. The monoisotopic (exact) mass is 385 g/mol. The van der Waals surface area contributed by atoms with E-state index in [1.807, 2.05) is 32.0 Å². The molecule has 140 valence electrons. The summed E-state index contributed by atoms with van der Waals surface area (Å²) < 4.78 is 11.3. The zero-order chi connectivity index (χ0) is 19.4. The lowest BCUT2D eigenvalue weighted by Gasteiger charge is -2.14. The van der Waals surface area contributed by atoms with Crippen LogP contribution in [0.15, 0.2) is 34.0 Å². The van der Waals surface area contributed by atoms with Crippen molar-refractivity contribution >= 4 is 17.3 Å². The minimum atomic E-state index is 0.240. The van der Waals surface area contributed by atoms with Crippen LogP contribution in [-0.4, -0.2) is 39.5 Å². The van der Waals surface area contributed by atoms with E-state index in [1.165, 1.54) is 6.33 Å². The van der Waals surface area contributed by atoms with Crippen LogP contribution in [0.1, 0.15) is 29.6 Å². The van der Waals surface area contributed by atoms with Crippen LogP contribution < -0.4 is 4.74 Å². The Bertz CT molecular complexity index is 984. The molecule has 0 unspecified atom stereocenters. The van der Waals surface area contributed by atoms with Gasteiger partial charge in [0.1, 0.15) is 23.8 Å². The van der Waals surface area contributed by atoms with Gasteiger partial charge in [0.15, 0.2) is 5.82 Å². The molecular formula is C19H20ClN5O2. The quantitative estimate of drug-likeness (QED) is 0.473. The average Bonchev–Trinajstić information content (AvgIpc) is 3.10. The van der Waals surface area contributed by atoms with E-state index in [4.69, 9.17) is 20.9 Å². The Morgan fingerprint density at radius 3 is 2.74 bits per heavy atom. The first-order valence-corrected chi connectivity index (χ1v) is 8.90. The molecule has 0 N–H and O–H groups in total. The van der Waals surface area contributed by atoms with Crippen LogP contribution in [0.5, 0.6) is 5.75 Å². The van der Waals surface area contributed by atoms with Crippen molar-refractivity contribution in [3.8, 4) is 17.2 Å². The van der Waals surface area contributed by atoms with Gasteiger partial charge >= 0.3 is 0 Å². The highest BCUT2D eigenvalue weighted by Crippen LogP contribution is 2.26. The maximum absolute atomic E-state index is 6.29. The molecule has 1 aromatic carbocycles. The van der Waals surface area contributed by atoms with Gasteiger partial charge in [-0.15, -0.1) is 0 Å². The molecule has 8 heteroatoms. The number of rotatable bonds is 6. The molecule has 0 bridgehead atoms. The number of nitrogens with zero attached hydrogens (tertiary/aromatic N) is 5. The number of halogens is 1. The van der Waals surface area contributed by atoms with Crippen molar-refractivity contribution in [1.29, 1.82) is 0 Å². The van der Waals surface area contributed by atoms with Gasteiger partial charge in [-0.25, -0.2) is 9.97 Å². The van der Waals surface area contributed by atoms with E-state index >= 15 is 0 Å². The van der Waals surface area contributed by atoms with Crippen LogP contribution in [0.3, 0.4) is 0 Å². The van der Waals surface area contributed by atoms with Crippen molar-refractivity contribution in [3.63, 3.8) is 0 Å². The third-order valence-corrected chi connectivity index (χ3v) is 4.39. The number of aryl methyl sites for hydroxylation is 3. The van der Waals surface area contributed by atoms with Crippen molar-refractivity contribution in [2.45, 2.75) is 27.2 Å². The molecular weight excluding hydrogens is 366 g/mol. The summed E-state index contributed by atoms with van der Waals surface area (Å²) >= 11 is 6.29. The lowest BCUT2D eigenvalue weighted by Crippen LogP contribution is -2.17. The van der Waals surface area contributed by atoms with Gasteiger partial charge < -0.3 is 9.26 Å². The molecule has 0 radical (unpaired) electrons. The maximum atomic E-state index is 6.29. The number of aliphatic imine (C=N–C) groups is 1. The molecule has 0 spiro atoms. The van der Waals surface area contributed by atoms with Crippen molar-refractivity contribution < 1.29 is 9.26 Å². The van der Waals surface area contributed by atoms with Gasteiger partial charge in [0.05, 0.1) is 17.0 Å². The largest absolute Gasteiger partial charge is 0.487 e. The van der Waals surface area contributed by atoms with E-state index < -0.39 is 0 Å². The zero-order valence-electron chi connectivity index (χ0n) is 15.7. The molecule has 0 saturated carbocycles. The van der Waals surface area contributed by atoms with Gasteiger partial charge in [-0.1, -0.05) is 29.7 Å². The van der Waals surface area contributed by atoms with E-state index in [9.17, 15) is 0 Å². The molecule has 27 heavy (non-hydrogen) atoms. The molecule has 0 fully saturated rings. The van der Waals surface area contributed by atoms with Gasteiger partial charge in [0, 0.05) is 12.6 Å². The Balaban J connectivity index is 1.86. The third-order valence-electron chi connectivity index (χ3n) is 4.10. The summed E-state index contributed by atoms with van der Waals surface area (Å²) in [7, 11) is 1.70. The lowest BCUT2D eigenvalue weighted by atomic mass is 10.1. The van der Waals surface area contributed by atoms with Crippen LogP contribution >= 0.6 is 11.6 Å². The van der Waals surface area contributed by atoms with Crippen LogP contribution in [0, 0.1) is 13.8 Å². The van der Waals surface area contributed by atoms with Crippen LogP contribution in [0.2, 0.25) is 5.15 Å². The Labute approximate surface area is 162 Å². The summed E-state index contributed by atoms with van der Waals surface area (Å²) in [6.45, 7) is 6.00. The number of benzene rings is 1. The molecule has 0 aliphatic rings. The average molecular weight is 386 g/mol. The Morgan fingerprint density at radius 1 is 1.26 bits per heavy atom. The Hall–Kier alpha value is -2.80. The van der Waals surface area contributed by atoms with E-state index in [0.29, 0.717) is 28.3 Å². The van der Waals surface area contributed by atoms with Crippen LogP contribution in [0.25, 0.3) is 11.5 Å². The SMILES string of the molecule is CCc1ncnc(Cl)c1C(COc1cc(-c2nc(C)no2)ccc1C)=NC. The van der Waals surface area contributed by atoms with Crippen molar-refractivity contribution in [3.05, 3.63) is 52.3 Å². The fourth-order valence-electron chi connectivity index (χ4n) is 2.65. The first-order valence-electron chi connectivity index (χ1n) is 8.53. The molecule has 0 aliphatic heterocycles. The van der Waals surface area contributed by atoms with Gasteiger partial charge in [-0.3, -0.25) is 4.99 Å². The molecule has 2 aromatic heterocycles. The summed E-state index contributed by atoms with van der Waals surface area (Å²) in [6, 6.07) is 5.74. The number of hydrogen-bond donors (Lipinski definition) is 0. The summed E-state index contributed by atoms with van der Waals surface area (Å²) in [6.07, 6.45) is 2.18. The van der Waals surface area contributed by atoms with Crippen molar-refractivity contribution in [1.82, 2.24) is 20.1 Å². The Kier molecular flexibility index (Phi) is 5.81. The van der Waals surface area contributed by atoms with Gasteiger partial charge in [-0.05, 0) is 38.0 Å². The van der Waals surface area contributed by atoms with E-state index in [2.05, 4.69) is 25.1 Å². The second kappa shape index (κ2) is 8.26. The highest BCUT2D eigenvalue weighted by Gasteiger charge is 2.16. The molecule has 0 saturated heterocycles. The smallest absolute Gasteiger partial charge is 0.258 e.